The monoisotopic (exact) mass is 352 g/mol. The number of likely N-dealkylation sites (N-methyl/N-ethyl adjacent to an activating group) is 1. The molecule has 1 atom stereocenters. The summed E-state index contributed by atoms with van der Waals surface area (Å²) in [7, 11) is 0. The number of aromatic nitrogens is 2. The summed E-state index contributed by atoms with van der Waals surface area (Å²) < 4.78 is 0. The summed E-state index contributed by atoms with van der Waals surface area (Å²) in [6.45, 7) is 7.57. The Morgan fingerprint density at radius 3 is 2.62 bits per heavy atom. The highest BCUT2D eigenvalue weighted by Gasteiger charge is 2.28. The van der Waals surface area contributed by atoms with Gasteiger partial charge >= 0.3 is 0 Å². The van der Waals surface area contributed by atoms with Crippen LogP contribution in [0.2, 0.25) is 0 Å². The van der Waals surface area contributed by atoms with E-state index in [9.17, 15) is 5.11 Å². The van der Waals surface area contributed by atoms with Gasteiger partial charge in [-0.2, -0.15) is 0 Å². The largest absolute Gasteiger partial charge is 0.396 e. The Labute approximate surface area is 155 Å². The quantitative estimate of drug-likeness (QED) is 0.916. The number of hydrogen-bond acceptors (Lipinski definition) is 5. The van der Waals surface area contributed by atoms with Crippen LogP contribution >= 0.6 is 0 Å². The number of rotatable bonds is 4. The number of aliphatic hydroxyl groups excluding tert-OH is 1. The minimum Gasteiger partial charge on any atom is -0.396 e. The number of fused-ring (bicyclic) bond motifs is 1. The van der Waals surface area contributed by atoms with Crippen molar-refractivity contribution in [1.29, 1.82) is 0 Å². The van der Waals surface area contributed by atoms with Crippen LogP contribution < -0.4 is 4.90 Å². The summed E-state index contributed by atoms with van der Waals surface area (Å²) in [6.07, 6.45) is 3.03. The molecule has 26 heavy (non-hydrogen) atoms. The molecule has 3 heterocycles. The zero-order valence-corrected chi connectivity index (χ0v) is 15.6. The fourth-order valence-corrected chi connectivity index (χ4v) is 4.09. The standard InChI is InChI=1S/C21H28N4O/c1-2-24-11-9-18-19(10-12-24)22-20(17-6-4-3-5-7-17)23-21(18)25-13-8-16(14-25)15-26/h3-7,16,26H,2,8-15H2,1H3/t16-/m1/s1. The lowest BCUT2D eigenvalue weighted by molar-refractivity contribution is 0.238. The third kappa shape index (κ3) is 3.46. The van der Waals surface area contributed by atoms with Gasteiger partial charge in [-0.15, -0.1) is 0 Å². The van der Waals surface area contributed by atoms with Crippen LogP contribution in [0.3, 0.4) is 0 Å². The van der Waals surface area contributed by atoms with Gasteiger partial charge in [0.15, 0.2) is 5.82 Å². The molecule has 1 saturated heterocycles. The maximum atomic E-state index is 9.55. The summed E-state index contributed by atoms with van der Waals surface area (Å²) in [5.41, 5.74) is 3.60. The second-order valence-electron chi connectivity index (χ2n) is 7.38. The average molecular weight is 352 g/mol. The molecule has 138 valence electrons. The third-order valence-electron chi connectivity index (χ3n) is 5.74. The second kappa shape index (κ2) is 7.72. The van der Waals surface area contributed by atoms with E-state index in [4.69, 9.17) is 9.97 Å². The molecule has 0 aliphatic carbocycles. The average Bonchev–Trinajstić information content (AvgIpc) is 3.08. The van der Waals surface area contributed by atoms with E-state index in [1.807, 2.05) is 18.2 Å². The summed E-state index contributed by atoms with van der Waals surface area (Å²) in [5.74, 6) is 2.29. The Balaban J connectivity index is 1.75. The topological polar surface area (TPSA) is 52.5 Å². The van der Waals surface area contributed by atoms with E-state index in [1.165, 1.54) is 11.3 Å². The Morgan fingerprint density at radius 2 is 1.88 bits per heavy atom. The van der Waals surface area contributed by atoms with E-state index in [2.05, 4.69) is 28.9 Å². The first kappa shape index (κ1) is 17.4. The molecule has 0 amide bonds. The van der Waals surface area contributed by atoms with E-state index in [-0.39, 0.29) is 6.61 Å². The van der Waals surface area contributed by atoms with Crippen molar-refractivity contribution in [2.45, 2.75) is 26.2 Å². The molecule has 0 spiro atoms. The first-order chi connectivity index (χ1) is 12.8. The molecule has 1 aromatic carbocycles. The highest BCUT2D eigenvalue weighted by Crippen LogP contribution is 2.31. The highest BCUT2D eigenvalue weighted by atomic mass is 16.3. The SMILES string of the molecule is CCN1CCc2nc(-c3ccccc3)nc(N3CC[C@@H](CO)C3)c2CC1. The second-order valence-corrected chi connectivity index (χ2v) is 7.38. The maximum Gasteiger partial charge on any atom is 0.161 e. The van der Waals surface area contributed by atoms with Crippen molar-refractivity contribution in [3.63, 3.8) is 0 Å². The van der Waals surface area contributed by atoms with Gasteiger partial charge in [-0.05, 0) is 19.4 Å². The van der Waals surface area contributed by atoms with E-state index in [0.29, 0.717) is 5.92 Å². The lowest BCUT2D eigenvalue weighted by Crippen LogP contribution is -2.26. The van der Waals surface area contributed by atoms with Gasteiger partial charge in [0, 0.05) is 56.3 Å². The summed E-state index contributed by atoms with van der Waals surface area (Å²) in [5, 5.41) is 9.55. The Kier molecular flexibility index (Phi) is 5.18. The maximum absolute atomic E-state index is 9.55. The molecule has 2 aliphatic rings. The fraction of sp³-hybridized carbons (Fsp3) is 0.524. The number of anilines is 1. The van der Waals surface area contributed by atoms with Crippen molar-refractivity contribution in [3.05, 3.63) is 41.6 Å². The fourth-order valence-electron chi connectivity index (χ4n) is 4.09. The molecule has 1 N–H and O–H groups in total. The molecule has 0 saturated carbocycles. The Bertz CT molecular complexity index is 749. The van der Waals surface area contributed by atoms with Gasteiger partial charge in [0.2, 0.25) is 0 Å². The molecule has 2 aliphatic heterocycles. The van der Waals surface area contributed by atoms with Crippen LogP contribution in [0.25, 0.3) is 11.4 Å². The van der Waals surface area contributed by atoms with Gasteiger partial charge in [-0.25, -0.2) is 9.97 Å². The van der Waals surface area contributed by atoms with Crippen LogP contribution in [0.5, 0.6) is 0 Å². The molecule has 0 radical (unpaired) electrons. The van der Waals surface area contributed by atoms with Crippen LogP contribution in [0.4, 0.5) is 5.82 Å². The number of benzene rings is 1. The predicted octanol–water partition coefficient (Wildman–Crippen LogP) is 2.38. The first-order valence-corrected chi connectivity index (χ1v) is 9.82. The molecule has 0 unspecified atom stereocenters. The van der Waals surface area contributed by atoms with Crippen molar-refractivity contribution < 1.29 is 5.11 Å². The molecular weight excluding hydrogens is 324 g/mol. The summed E-state index contributed by atoms with van der Waals surface area (Å²) in [4.78, 5) is 14.8. The lowest BCUT2D eigenvalue weighted by Gasteiger charge is -2.23. The zero-order valence-electron chi connectivity index (χ0n) is 15.6. The van der Waals surface area contributed by atoms with E-state index in [1.54, 1.807) is 0 Å². The van der Waals surface area contributed by atoms with E-state index >= 15 is 0 Å². The zero-order chi connectivity index (χ0) is 17.9. The molecule has 1 aromatic heterocycles. The molecule has 5 nitrogen and oxygen atoms in total. The van der Waals surface area contributed by atoms with Crippen LogP contribution in [-0.2, 0) is 12.8 Å². The summed E-state index contributed by atoms with van der Waals surface area (Å²) in [6, 6.07) is 10.3. The number of hydrogen-bond donors (Lipinski definition) is 1. The molecule has 2 aromatic rings. The van der Waals surface area contributed by atoms with Crippen molar-refractivity contribution in [3.8, 4) is 11.4 Å². The lowest BCUT2D eigenvalue weighted by atomic mass is 10.1. The number of aliphatic hydroxyl groups is 1. The van der Waals surface area contributed by atoms with Crippen LogP contribution in [0.15, 0.2) is 30.3 Å². The molecule has 5 heteroatoms. The first-order valence-electron chi connectivity index (χ1n) is 9.82. The Hall–Kier alpha value is -1.98. The van der Waals surface area contributed by atoms with Gasteiger partial charge in [0.1, 0.15) is 5.82 Å². The van der Waals surface area contributed by atoms with E-state index in [0.717, 1.165) is 69.2 Å². The minimum atomic E-state index is 0.263. The highest BCUT2D eigenvalue weighted by molar-refractivity contribution is 5.61. The van der Waals surface area contributed by atoms with Crippen LogP contribution in [-0.4, -0.2) is 59.3 Å². The number of nitrogens with zero attached hydrogens (tertiary/aromatic N) is 4. The van der Waals surface area contributed by atoms with Crippen molar-refractivity contribution >= 4 is 5.82 Å². The van der Waals surface area contributed by atoms with Crippen LogP contribution in [0, 0.1) is 5.92 Å². The van der Waals surface area contributed by atoms with Crippen LogP contribution in [0.1, 0.15) is 24.6 Å². The molecule has 1 fully saturated rings. The van der Waals surface area contributed by atoms with Gasteiger partial charge in [-0.3, -0.25) is 0 Å². The van der Waals surface area contributed by atoms with Gasteiger partial charge < -0.3 is 14.9 Å². The van der Waals surface area contributed by atoms with Crippen molar-refractivity contribution in [2.24, 2.45) is 5.92 Å². The Morgan fingerprint density at radius 1 is 1.08 bits per heavy atom. The summed E-state index contributed by atoms with van der Waals surface area (Å²) >= 11 is 0. The van der Waals surface area contributed by atoms with Gasteiger partial charge in [-0.1, -0.05) is 37.3 Å². The van der Waals surface area contributed by atoms with Gasteiger partial charge in [0.25, 0.3) is 0 Å². The smallest absolute Gasteiger partial charge is 0.161 e. The molecule has 0 bridgehead atoms. The predicted molar refractivity (Wildman–Crippen MR) is 104 cm³/mol. The van der Waals surface area contributed by atoms with E-state index < -0.39 is 0 Å². The van der Waals surface area contributed by atoms with Crippen molar-refractivity contribution in [2.75, 3.05) is 44.2 Å². The minimum absolute atomic E-state index is 0.263. The van der Waals surface area contributed by atoms with Crippen molar-refractivity contribution in [1.82, 2.24) is 14.9 Å². The van der Waals surface area contributed by atoms with Gasteiger partial charge in [0.05, 0.1) is 5.69 Å². The normalized spacial score (nSPS) is 20.8. The molecular formula is C21H28N4O. The third-order valence-corrected chi connectivity index (χ3v) is 5.74. The molecule has 4 rings (SSSR count).